The van der Waals surface area contributed by atoms with E-state index in [1.54, 1.807) is 18.2 Å². The van der Waals surface area contributed by atoms with E-state index in [0.29, 0.717) is 6.42 Å². The van der Waals surface area contributed by atoms with E-state index < -0.39 is 16.3 Å². The van der Waals surface area contributed by atoms with Crippen molar-refractivity contribution in [3.63, 3.8) is 0 Å². The number of amides is 3. The average Bonchev–Trinajstić information content (AvgIpc) is 3.21. The van der Waals surface area contributed by atoms with Crippen LogP contribution >= 0.6 is 58.0 Å². The van der Waals surface area contributed by atoms with E-state index in [-0.39, 0.29) is 44.6 Å². The number of hydrogen-bond acceptors (Lipinski definition) is 3. The standard InChI is InChI=1S/C18H13Cl5N2O3/c19-12-4-2-1-3-11(12)16(26)25-17(27)24-10-5-13(20)15(14(21)6-10)28-8-9-7-18(9,22)23/h1-6,9H,7-8H2,(H2,24,25,26,27). The number of carbonyl (C=O) groups excluding carboxylic acids is 2. The van der Waals surface area contributed by atoms with E-state index in [0.717, 1.165) is 0 Å². The number of halogens is 5. The number of carbonyl (C=O) groups is 2. The molecule has 0 spiro atoms. The van der Waals surface area contributed by atoms with Crippen molar-refractivity contribution in [2.45, 2.75) is 10.8 Å². The second-order valence-corrected chi connectivity index (χ2v) is 8.89. The fraction of sp³-hybridized carbons (Fsp3) is 0.222. The van der Waals surface area contributed by atoms with E-state index in [9.17, 15) is 9.59 Å². The highest BCUT2D eigenvalue weighted by Crippen LogP contribution is 2.53. The molecule has 1 fully saturated rings. The number of hydrogen-bond donors (Lipinski definition) is 2. The predicted molar refractivity (Wildman–Crippen MR) is 112 cm³/mol. The second kappa shape index (κ2) is 8.56. The Morgan fingerprint density at radius 2 is 1.68 bits per heavy atom. The van der Waals surface area contributed by atoms with Crippen LogP contribution in [0, 0.1) is 5.92 Å². The van der Waals surface area contributed by atoms with Gasteiger partial charge in [0.05, 0.1) is 27.2 Å². The summed E-state index contributed by atoms with van der Waals surface area (Å²) < 4.78 is 4.82. The highest BCUT2D eigenvalue weighted by atomic mass is 35.5. The molecule has 28 heavy (non-hydrogen) atoms. The van der Waals surface area contributed by atoms with Crippen LogP contribution in [-0.2, 0) is 0 Å². The van der Waals surface area contributed by atoms with E-state index in [2.05, 4.69) is 10.6 Å². The van der Waals surface area contributed by atoms with Crippen LogP contribution in [0.25, 0.3) is 0 Å². The van der Waals surface area contributed by atoms with Crippen molar-refractivity contribution in [1.82, 2.24) is 5.32 Å². The Balaban J connectivity index is 1.61. The molecule has 3 rings (SSSR count). The lowest BCUT2D eigenvalue weighted by atomic mass is 10.2. The maximum absolute atomic E-state index is 12.1. The molecule has 1 atom stereocenters. The minimum atomic E-state index is -0.771. The highest BCUT2D eigenvalue weighted by molar-refractivity contribution is 6.50. The molecule has 1 aliphatic rings. The number of ether oxygens (including phenoxy) is 1. The molecule has 2 N–H and O–H groups in total. The van der Waals surface area contributed by atoms with Gasteiger partial charge in [0.1, 0.15) is 4.33 Å². The minimum absolute atomic E-state index is 0.00219. The van der Waals surface area contributed by atoms with Gasteiger partial charge in [0.2, 0.25) is 0 Å². The number of rotatable bonds is 5. The van der Waals surface area contributed by atoms with Gasteiger partial charge in [-0.3, -0.25) is 10.1 Å². The zero-order valence-electron chi connectivity index (χ0n) is 14.1. The van der Waals surface area contributed by atoms with Crippen LogP contribution in [0.4, 0.5) is 10.5 Å². The molecule has 0 saturated heterocycles. The molecule has 3 amide bonds. The SMILES string of the molecule is O=C(NC(=O)c1ccccc1Cl)Nc1cc(Cl)c(OCC2CC2(Cl)Cl)c(Cl)c1. The molecule has 1 saturated carbocycles. The lowest BCUT2D eigenvalue weighted by Crippen LogP contribution is -2.34. The fourth-order valence-corrected chi connectivity index (χ4v) is 3.70. The van der Waals surface area contributed by atoms with Gasteiger partial charge in [-0.05, 0) is 30.7 Å². The number of nitrogens with one attached hydrogen (secondary N) is 2. The molecule has 0 aromatic heterocycles. The highest BCUT2D eigenvalue weighted by Gasteiger charge is 2.52. The maximum Gasteiger partial charge on any atom is 0.326 e. The molecule has 0 radical (unpaired) electrons. The van der Waals surface area contributed by atoms with E-state index >= 15 is 0 Å². The molecular weight excluding hydrogens is 469 g/mol. The first-order valence-corrected chi connectivity index (χ1v) is 9.93. The van der Waals surface area contributed by atoms with Crippen LogP contribution in [0.15, 0.2) is 36.4 Å². The Morgan fingerprint density at radius 3 is 2.25 bits per heavy atom. The fourth-order valence-electron chi connectivity index (χ4n) is 2.38. The molecule has 0 heterocycles. The summed E-state index contributed by atoms with van der Waals surface area (Å²) in [5, 5.41) is 5.27. The molecular formula is C18H13Cl5N2O3. The van der Waals surface area contributed by atoms with E-state index in [4.69, 9.17) is 62.7 Å². The van der Waals surface area contributed by atoms with Gasteiger partial charge in [0, 0.05) is 11.6 Å². The summed E-state index contributed by atoms with van der Waals surface area (Å²) in [4.78, 5) is 24.2. The van der Waals surface area contributed by atoms with Crippen molar-refractivity contribution in [3.05, 3.63) is 57.0 Å². The molecule has 2 aromatic carbocycles. The Labute approximate surface area is 186 Å². The Bertz CT molecular complexity index is 912. The van der Waals surface area contributed by atoms with Gasteiger partial charge in [-0.1, -0.05) is 46.9 Å². The van der Waals surface area contributed by atoms with Gasteiger partial charge in [0.25, 0.3) is 5.91 Å². The third-order valence-electron chi connectivity index (χ3n) is 3.99. The summed E-state index contributed by atoms with van der Waals surface area (Å²) in [7, 11) is 0. The number of imide groups is 1. The topological polar surface area (TPSA) is 67.4 Å². The van der Waals surface area contributed by atoms with Gasteiger partial charge in [-0.2, -0.15) is 0 Å². The molecule has 148 valence electrons. The van der Waals surface area contributed by atoms with Crippen LogP contribution in [0.1, 0.15) is 16.8 Å². The lowest BCUT2D eigenvalue weighted by molar-refractivity contribution is 0.0967. The molecule has 2 aromatic rings. The first-order valence-electron chi connectivity index (χ1n) is 8.04. The van der Waals surface area contributed by atoms with Gasteiger partial charge >= 0.3 is 6.03 Å². The van der Waals surface area contributed by atoms with Crippen molar-refractivity contribution >= 4 is 75.6 Å². The Kier molecular flexibility index (Phi) is 6.52. The second-order valence-electron chi connectivity index (χ2n) is 6.13. The molecule has 5 nitrogen and oxygen atoms in total. The first-order chi connectivity index (χ1) is 13.2. The van der Waals surface area contributed by atoms with Crippen LogP contribution in [0.2, 0.25) is 15.1 Å². The maximum atomic E-state index is 12.1. The molecule has 0 bridgehead atoms. The zero-order chi connectivity index (χ0) is 20.5. The monoisotopic (exact) mass is 480 g/mol. The van der Waals surface area contributed by atoms with E-state index in [1.807, 2.05) is 0 Å². The van der Waals surface area contributed by atoms with Crippen molar-refractivity contribution in [1.29, 1.82) is 0 Å². The molecule has 1 unspecified atom stereocenters. The van der Waals surface area contributed by atoms with Crippen LogP contribution < -0.4 is 15.4 Å². The van der Waals surface area contributed by atoms with Crippen LogP contribution in [0.5, 0.6) is 5.75 Å². The first kappa shape index (κ1) is 21.3. The summed E-state index contributed by atoms with van der Waals surface area (Å²) in [6, 6.07) is 8.49. The Hall–Kier alpha value is -1.37. The average molecular weight is 483 g/mol. The predicted octanol–water partition coefficient (Wildman–Crippen LogP) is 6.18. The summed E-state index contributed by atoms with van der Waals surface area (Å²) in [5.41, 5.74) is 0.455. The van der Waals surface area contributed by atoms with Gasteiger partial charge in [0.15, 0.2) is 5.75 Å². The summed E-state index contributed by atoms with van der Waals surface area (Å²) in [5.74, 6) is -0.379. The number of urea groups is 1. The largest absolute Gasteiger partial charge is 0.490 e. The van der Waals surface area contributed by atoms with E-state index in [1.165, 1.54) is 18.2 Å². The van der Waals surface area contributed by atoms with Gasteiger partial charge in [-0.25, -0.2) is 4.79 Å². The summed E-state index contributed by atoms with van der Waals surface area (Å²) >= 11 is 30.2. The van der Waals surface area contributed by atoms with Crippen molar-refractivity contribution in [2.24, 2.45) is 5.92 Å². The molecule has 10 heteroatoms. The summed E-state index contributed by atoms with van der Waals surface area (Å²) in [6.07, 6.45) is 0.630. The quantitative estimate of drug-likeness (QED) is 0.500. The smallest absolute Gasteiger partial charge is 0.326 e. The molecule has 1 aliphatic carbocycles. The Morgan fingerprint density at radius 1 is 1.07 bits per heavy atom. The van der Waals surface area contributed by atoms with Gasteiger partial charge in [-0.15, -0.1) is 23.2 Å². The third kappa shape index (κ3) is 5.16. The van der Waals surface area contributed by atoms with Crippen molar-refractivity contribution in [3.8, 4) is 5.75 Å². The third-order valence-corrected chi connectivity index (χ3v) is 5.80. The number of anilines is 1. The minimum Gasteiger partial charge on any atom is -0.490 e. The zero-order valence-corrected chi connectivity index (χ0v) is 17.8. The number of alkyl halides is 2. The van der Waals surface area contributed by atoms with Crippen LogP contribution in [0.3, 0.4) is 0 Å². The van der Waals surface area contributed by atoms with Crippen LogP contribution in [-0.4, -0.2) is 22.9 Å². The van der Waals surface area contributed by atoms with Gasteiger partial charge < -0.3 is 10.1 Å². The number of benzene rings is 2. The van der Waals surface area contributed by atoms with Crippen molar-refractivity contribution < 1.29 is 14.3 Å². The molecule has 0 aliphatic heterocycles. The lowest BCUT2D eigenvalue weighted by Gasteiger charge is -2.13. The van der Waals surface area contributed by atoms with Crippen molar-refractivity contribution in [2.75, 3.05) is 11.9 Å². The normalized spacial score (nSPS) is 17.0. The summed E-state index contributed by atoms with van der Waals surface area (Å²) in [6.45, 7) is 0.270.